The van der Waals surface area contributed by atoms with Crippen LogP contribution < -0.4 is 14.8 Å². The van der Waals surface area contributed by atoms with Crippen molar-refractivity contribution in [3.63, 3.8) is 0 Å². The molecule has 0 saturated heterocycles. The van der Waals surface area contributed by atoms with Gasteiger partial charge in [-0.3, -0.25) is 4.79 Å². The van der Waals surface area contributed by atoms with Gasteiger partial charge in [0.1, 0.15) is 11.5 Å². The van der Waals surface area contributed by atoms with Crippen LogP contribution in [0.2, 0.25) is 0 Å². The van der Waals surface area contributed by atoms with E-state index in [0.29, 0.717) is 0 Å². The van der Waals surface area contributed by atoms with Gasteiger partial charge in [0, 0.05) is 11.5 Å². The maximum atomic E-state index is 11.8. The summed E-state index contributed by atoms with van der Waals surface area (Å²) in [6.07, 6.45) is 2.02. The lowest BCUT2D eigenvalue weighted by Crippen LogP contribution is -2.28. The second-order valence-electron chi connectivity index (χ2n) is 4.61. The van der Waals surface area contributed by atoms with Gasteiger partial charge in [0.2, 0.25) is 5.91 Å². The molecule has 1 N–H and O–H groups in total. The van der Waals surface area contributed by atoms with Crippen LogP contribution >= 0.6 is 0 Å². The predicted molar refractivity (Wildman–Crippen MR) is 68.8 cm³/mol. The topological polar surface area (TPSA) is 47.6 Å². The van der Waals surface area contributed by atoms with Crippen molar-refractivity contribution in [2.75, 3.05) is 14.2 Å². The van der Waals surface area contributed by atoms with Crippen LogP contribution in [-0.4, -0.2) is 20.1 Å². The largest absolute Gasteiger partial charge is 0.497 e. The SMILES string of the molecule is COc1ccc(OC)c(C(C)NC(=O)C2CC2)c1. The van der Waals surface area contributed by atoms with Gasteiger partial charge >= 0.3 is 0 Å². The fourth-order valence-corrected chi connectivity index (χ4v) is 1.93. The zero-order chi connectivity index (χ0) is 13.1. The normalized spacial score (nSPS) is 15.9. The molecule has 1 aromatic rings. The van der Waals surface area contributed by atoms with E-state index in [9.17, 15) is 4.79 Å². The second-order valence-corrected chi connectivity index (χ2v) is 4.61. The standard InChI is InChI=1S/C14H19NO3/c1-9(15-14(16)10-4-5-10)12-8-11(17-2)6-7-13(12)18-3/h6-10H,4-5H2,1-3H3,(H,15,16). The van der Waals surface area contributed by atoms with E-state index in [-0.39, 0.29) is 17.9 Å². The van der Waals surface area contributed by atoms with Gasteiger partial charge in [-0.15, -0.1) is 0 Å². The Morgan fingerprint density at radius 2 is 2.06 bits per heavy atom. The Kier molecular flexibility index (Phi) is 3.75. The van der Waals surface area contributed by atoms with Crippen molar-refractivity contribution in [3.8, 4) is 11.5 Å². The van der Waals surface area contributed by atoms with Crippen LogP contribution in [0.1, 0.15) is 31.4 Å². The van der Waals surface area contributed by atoms with Crippen molar-refractivity contribution in [2.45, 2.75) is 25.8 Å². The summed E-state index contributed by atoms with van der Waals surface area (Å²) < 4.78 is 10.5. The van der Waals surface area contributed by atoms with Gasteiger partial charge in [0.15, 0.2) is 0 Å². The van der Waals surface area contributed by atoms with E-state index in [1.54, 1.807) is 14.2 Å². The highest BCUT2D eigenvalue weighted by molar-refractivity contribution is 5.81. The molecular weight excluding hydrogens is 230 g/mol. The van der Waals surface area contributed by atoms with Gasteiger partial charge in [-0.1, -0.05) is 0 Å². The van der Waals surface area contributed by atoms with Crippen molar-refractivity contribution in [1.82, 2.24) is 5.32 Å². The predicted octanol–water partition coefficient (Wildman–Crippen LogP) is 2.29. The van der Waals surface area contributed by atoms with E-state index in [2.05, 4.69) is 5.32 Å². The fraction of sp³-hybridized carbons (Fsp3) is 0.500. The van der Waals surface area contributed by atoms with Crippen molar-refractivity contribution in [2.24, 2.45) is 5.92 Å². The molecule has 0 radical (unpaired) electrons. The maximum Gasteiger partial charge on any atom is 0.223 e. The highest BCUT2D eigenvalue weighted by Gasteiger charge is 2.30. The molecule has 1 aliphatic rings. The average molecular weight is 249 g/mol. The molecule has 1 saturated carbocycles. The molecule has 0 heterocycles. The summed E-state index contributed by atoms with van der Waals surface area (Å²) in [5.41, 5.74) is 0.936. The highest BCUT2D eigenvalue weighted by atomic mass is 16.5. The number of rotatable bonds is 5. The second kappa shape index (κ2) is 5.29. The van der Waals surface area contributed by atoms with Gasteiger partial charge in [-0.05, 0) is 38.0 Å². The van der Waals surface area contributed by atoms with E-state index >= 15 is 0 Å². The molecule has 1 atom stereocenters. The maximum absolute atomic E-state index is 11.8. The number of carbonyl (C=O) groups excluding carboxylic acids is 1. The lowest BCUT2D eigenvalue weighted by atomic mass is 10.1. The smallest absolute Gasteiger partial charge is 0.223 e. The van der Waals surface area contributed by atoms with Crippen LogP contribution in [0.15, 0.2) is 18.2 Å². The molecule has 4 heteroatoms. The minimum atomic E-state index is -0.0804. The summed E-state index contributed by atoms with van der Waals surface area (Å²) in [6, 6.07) is 5.52. The van der Waals surface area contributed by atoms with E-state index in [1.165, 1.54) is 0 Å². The fourth-order valence-electron chi connectivity index (χ4n) is 1.93. The minimum absolute atomic E-state index is 0.0804. The molecule has 0 aliphatic heterocycles. The Balaban J connectivity index is 2.15. The molecule has 1 aliphatic carbocycles. The van der Waals surface area contributed by atoms with E-state index < -0.39 is 0 Å². The van der Waals surface area contributed by atoms with Crippen LogP contribution in [0, 0.1) is 5.92 Å². The molecule has 0 spiro atoms. The first-order valence-electron chi connectivity index (χ1n) is 6.18. The lowest BCUT2D eigenvalue weighted by molar-refractivity contribution is -0.122. The Labute approximate surface area is 107 Å². The van der Waals surface area contributed by atoms with Crippen LogP contribution in [0.3, 0.4) is 0 Å². The van der Waals surface area contributed by atoms with Crippen LogP contribution in [0.4, 0.5) is 0 Å². The average Bonchev–Trinajstić information content (AvgIpc) is 3.22. The monoisotopic (exact) mass is 249 g/mol. The Bertz CT molecular complexity index is 441. The van der Waals surface area contributed by atoms with E-state index in [4.69, 9.17) is 9.47 Å². The number of ether oxygens (including phenoxy) is 2. The Morgan fingerprint density at radius 3 is 2.61 bits per heavy atom. The number of hydrogen-bond acceptors (Lipinski definition) is 3. The summed E-state index contributed by atoms with van der Waals surface area (Å²) in [4.78, 5) is 11.8. The molecule has 1 fully saturated rings. The summed E-state index contributed by atoms with van der Waals surface area (Å²) >= 11 is 0. The molecule has 1 amide bonds. The quantitative estimate of drug-likeness (QED) is 0.871. The first kappa shape index (κ1) is 12.7. The third kappa shape index (κ3) is 2.75. The highest BCUT2D eigenvalue weighted by Crippen LogP contribution is 2.32. The van der Waals surface area contributed by atoms with E-state index in [0.717, 1.165) is 29.9 Å². The molecule has 0 aromatic heterocycles. The number of nitrogens with one attached hydrogen (secondary N) is 1. The third-order valence-corrected chi connectivity index (χ3v) is 3.21. The molecule has 2 rings (SSSR count). The number of hydrogen-bond donors (Lipinski definition) is 1. The van der Waals surface area contributed by atoms with Crippen LogP contribution in [0.25, 0.3) is 0 Å². The number of amides is 1. The third-order valence-electron chi connectivity index (χ3n) is 3.21. The summed E-state index contributed by atoms with van der Waals surface area (Å²) in [5.74, 6) is 1.87. The molecule has 1 aromatic carbocycles. The van der Waals surface area contributed by atoms with Crippen molar-refractivity contribution >= 4 is 5.91 Å². The van der Waals surface area contributed by atoms with Crippen LogP contribution in [-0.2, 0) is 4.79 Å². The number of methoxy groups -OCH3 is 2. The number of benzene rings is 1. The zero-order valence-electron chi connectivity index (χ0n) is 11.0. The van der Waals surface area contributed by atoms with Crippen molar-refractivity contribution in [1.29, 1.82) is 0 Å². The Hall–Kier alpha value is -1.71. The zero-order valence-corrected chi connectivity index (χ0v) is 11.0. The molecule has 18 heavy (non-hydrogen) atoms. The van der Waals surface area contributed by atoms with Gasteiger partial charge in [0.25, 0.3) is 0 Å². The number of carbonyl (C=O) groups is 1. The summed E-state index contributed by atoms with van der Waals surface area (Å²) in [5, 5.41) is 3.01. The van der Waals surface area contributed by atoms with E-state index in [1.807, 2.05) is 25.1 Å². The van der Waals surface area contributed by atoms with Gasteiger partial charge in [-0.2, -0.15) is 0 Å². The molecule has 0 bridgehead atoms. The molecule has 98 valence electrons. The minimum Gasteiger partial charge on any atom is -0.497 e. The van der Waals surface area contributed by atoms with Gasteiger partial charge in [-0.25, -0.2) is 0 Å². The van der Waals surface area contributed by atoms with Crippen molar-refractivity contribution < 1.29 is 14.3 Å². The molecule has 4 nitrogen and oxygen atoms in total. The molecule has 1 unspecified atom stereocenters. The summed E-state index contributed by atoms with van der Waals surface area (Å²) in [7, 11) is 3.25. The lowest BCUT2D eigenvalue weighted by Gasteiger charge is -2.18. The van der Waals surface area contributed by atoms with Gasteiger partial charge < -0.3 is 14.8 Å². The van der Waals surface area contributed by atoms with Gasteiger partial charge in [0.05, 0.1) is 20.3 Å². The Morgan fingerprint density at radius 1 is 1.33 bits per heavy atom. The first-order chi connectivity index (χ1) is 8.65. The first-order valence-corrected chi connectivity index (χ1v) is 6.18. The van der Waals surface area contributed by atoms with Crippen molar-refractivity contribution in [3.05, 3.63) is 23.8 Å². The van der Waals surface area contributed by atoms with Crippen LogP contribution in [0.5, 0.6) is 11.5 Å². The molecular formula is C14H19NO3. The summed E-state index contributed by atoms with van der Waals surface area (Å²) in [6.45, 7) is 1.96.